The highest BCUT2D eigenvalue weighted by Crippen LogP contribution is 2.21. The summed E-state index contributed by atoms with van der Waals surface area (Å²) in [4.78, 5) is 29.5. The van der Waals surface area contributed by atoms with Crippen LogP contribution in [0.5, 0.6) is 0 Å². The second kappa shape index (κ2) is 5.94. The Morgan fingerprint density at radius 3 is 2.78 bits per heavy atom. The van der Waals surface area contributed by atoms with E-state index >= 15 is 0 Å². The van der Waals surface area contributed by atoms with Crippen molar-refractivity contribution in [2.24, 2.45) is 5.92 Å². The molecule has 23 heavy (non-hydrogen) atoms. The van der Waals surface area contributed by atoms with Gasteiger partial charge in [-0.15, -0.1) is 0 Å². The summed E-state index contributed by atoms with van der Waals surface area (Å²) in [6.45, 7) is 3.71. The molecule has 0 N–H and O–H groups in total. The van der Waals surface area contributed by atoms with E-state index in [2.05, 4.69) is 25.0 Å². The molecule has 1 unspecified atom stereocenters. The van der Waals surface area contributed by atoms with Crippen LogP contribution in [0.3, 0.4) is 0 Å². The van der Waals surface area contributed by atoms with E-state index in [1.807, 2.05) is 9.58 Å². The molecular formula is C15H19N7O. The first kappa shape index (κ1) is 14.1. The van der Waals surface area contributed by atoms with Gasteiger partial charge in [-0.1, -0.05) is 0 Å². The van der Waals surface area contributed by atoms with Gasteiger partial charge in [-0.2, -0.15) is 5.10 Å². The normalized spacial score (nSPS) is 21.1. The Morgan fingerprint density at radius 2 is 2.00 bits per heavy atom. The van der Waals surface area contributed by atoms with Crippen LogP contribution in [0.15, 0.2) is 24.9 Å². The molecule has 0 aliphatic carbocycles. The standard InChI is InChI=1S/C15H19N7O/c23-15(12-1-2-13-18-11-19-22(13)10-12)21-7-5-20(6-8-21)14-9-16-3-4-17-14/h3-4,9,11-12H,1-2,5-8,10H2. The molecule has 2 aliphatic heterocycles. The fourth-order valence-electron chi connectivity index (χ4n) is 3.31. The number of aromatic nitrogens is 5. The van der Waals surface area contributed by atoms with Crippen molar-refractivity contribution in [2.45, 2.75) is 19.4 Å². The zero-order chi connectivity index (χ0) is 15.6. The molecule has 2 aliphatic rings. The zero-order valence-corrected chi connectivity index (χ0v) is 12.9. The third-order valence-electron chi connectivity index (χ3n) is 4.62. The van der Waals surface area contributed by atoms with Gasteiger partial charge in [0.15, 0.2) is 0 Å². The lowest BCUT2D eigenvalue weighted by Gasteiger charge is -2.37. The summed E-state index contributed by atoms with van der Waals surface area (Å²) in [5.41, 5.74) is 0. The molecule has 2 aromatic heterocycles. The summed E-state index contributed by atoms with van der Waals surface area (Å²) >= 11 is 0. The SMILES string of the molecule is O=C(C1CCc2ncnn2C1)N1CCN(c2cnccn2)CC1. The molecule has 4 rings (SSSR count). The van der Waals surface area contributed by atoms with Crippen molar-refractivity contribution < 1.29 is 4.79 Å². The highest BCUT2D eigenvalue weighted by molar-refractivity contribution is 5.79. The number of rotatable bonds is 2. The Bertz CT molecular complexity index is 678. The molecule has 4 heterocycles. The van der Waals surface area contributed by atoms with Gasteiger partial charge in [0.1, 0.15) is 18.0 Å². The van der Waals surface area contributed by atoms with Gasteiger partial charge in [0.25, 0.3) is 0 Å². The van der Waals surface area contributed by atoms with Crippen LogP contribution in [0.25, 0.3) is 0 Å². The van der Waals surface area contributed by atoms with Gasteiger partial charge in [0, 0.05) is 45.0 Å². The van der Waals surface area contributed by atoms with Gasteiger partial charge < -0.3 is 9.80 Å². The minimum Gasteiger partial charge on any atom is -0.352 e. The minimum absolute atomic E-state index is 0.0206. The first-order valence-corrected chi connectivity index (χ1v) is 7.98. The van der Waals surface area contributed by atoms with E-state index in [1.54, 1.807) is 24.9 Å². The fraction of sp³-hybridized carbons (Fsp3) is 0.533. The first-order chi connectivity index (χ1) is 11.3. The van der Waals surface area contributed by atoms with Crippen molar-refractivity contribution in [3.05, 3.63) is 30.7 Å². The summed E-state index contributed by atoms with van der Waals surface area (Å²) in [6.07, 6.45) is 8.40. The van der Waals surface area contributed by atoms with Crippen molar-refractivity contribution in [1.82, 2.24) is 29.6 Å². The molecule has 0 bridgehead atoms. The molecule has 0 aromatic carbocycles. The average Bonchev–Trinajstić information content (AvgIpc) is 3.10. The third kappa shape index (κ3) is 2.76. The predicted molar refractivity (Wildman–Crippen MR) is 82.7 cm³/mol. The minimum atomic E-state index is 0.0206. The average molecular weight is 313 g/mol. The first-order valence-electron chi connectivity index (χ1n) is 7.98. The van der Waals surface area contributed by atoms with Crippen molar-refractivity contribution in [1.29, 1.82) is 0 Å². The Hall–Kier alpha value is -2.51. The van der Waals surface area contributed by atoms with Gasteiger partial charge in [-0.3, -0.25) is 9.78 Å². The Balaban J connectivity index is 1.36. The lowest BCUT2D eigenvalue weighted by molar-refractivity contribution is -0.137. The maximum absolute atomic E-state index is 12.7. The molecule has 0 spiro atoms. The number of carbonyl (C=O) groups is 1. The third-order valence-corrected chi connectivity index (χ3v) is 4.62. The number of hydrogen-bond donors (Lipinski definition) is 0. The van der Waals surface area contributed by atoms with Gasteiger partial charge in [0.2, 0.25) is 5.91 Å². The summed E-state index contributed by atoms with van der Waals surface area (Å²) in [6, 6.07) is 0. The number of nitrogens with zero attached hydrogens (tertiary/aromatic N) is 7. The van der Waals surface area contributed by atoms with Gasteiger partial charge in [-0.25, -0.2) is 14.6 Å². The smallest absolute Gasteiger partial charge is 0.227 e. The Morgan fingerprint density at radius 1 is 1.13 bits per heavy atom. The number of carbonyl (C=O) groups excluding carboxylic acids is 1. The topological polar surface area (TPSA) is 80.0 Å². The van der Waals surface area contributed by atoms with Crippen LogP contribution in [0.2, 0.25) is 0 Å². The van der Waals surface area contributed by atoms with E-state index in [1.165, 1.54) is 0 Å². The largest absolute Gasteiger partial charge is 0.352 e. The second-order valence-electron chi connectivity index (χ2n) is 5.97. The Labute approximate surface area is 134 Å². The number of piperazine rings is 1. The number of fused-ring (bicyclic) bond motifs is 1. The lowest BCUT2D eigenvalue weighted by atomic mass is 9.98. The highest BCUT2D eigenvalue weighted by Gasteiger charge is 2.31. The molecule has 2 aromatic rings. The predicted octanol–water partition coefficient (Wildman–Crippen LogP) is -0.0207. The summed E-state index contributed by atoms with van der Waals surface area (Å²) in [7, 11) is 0. The number of amides is 1. The monoisotopic (exact) mass is 313 g/mol. The van der Waals surface area contributed by atoms with Crippen LogP contribution >= 0.6 is 0 Å². The molecule has 120 valence electrons. The van der Waals surface area contributed by atoms with Crippen molar-refractivity contribution in [3.8, 4) is 0 Å². The van der Waals surface area contributed by atoms with E-state index in [4.69, 9.17) is 0 Å². The molecule has 0 radical (unpaired) electrons. The van der Waals surface area contributed by atoms with Crippen LogP contribution in [0.1, 0.15) is 12.2 Å². The van der Waals surface area contributed by atoms with E-state index in [-0.39, 0.29) is 11.8 Å². The second-order valence-corrected chi connectivity index (χ2v) is 5.97. The van der Waals surface area contributed by atoms with Crippen LogP contribution in [-0.2, 0) is 17.8 Å². The van der Waals surface area contributed by atoms with Gasteiger partial charge >= 0.3 is 0 Å². The van der Waals surface area contributed by atoms with Crippen LogP contribution in [0.4, 0.5) is 5.82 Å². The molecule has 8 heteroatoms. The van der Waals surface area contributed by atoms with Gasteiger partial charge in [0.05, 0.1) is 18.7 Å². The van der Waals surface area contributed by atoms with Crippen molar-refractivity contribution >= 4 is 11.7 Å². The van der Waals surface area contributed by atoms with E-state index < -0.39 is 0 Å². The molecule has 1 fully saturated rings. The van der Waals surface area contributed by atoms with E-state index in [0.717, 1.165) is 50.7 Å². The number of aryl methyl sites for hydroxylation is 1. The number of hydrogen-bond acceptors (Lipinski definition) is 6. The van der Waals surface area contributed by atoms with Crippen molar-refractivity contribution in [3.63, 3.8) is 0 Å². The van der Waals surface area contributed by atoms with Gasteiger partial charge in [-0.05, 0) is 6.42 Å². The summed E-state index contributed by atoms with van der Waals surface area (Å²) < 4.78 is 1.86. The maximum Gasteiger partial charge on any atom is 0.227 e. The number of anilines is 1. The van der Waals surface area contributed by atoms with Crippen LogP contribution in [0, 0.1) is 5.92 Å². The molecule has 1 saturated heterocycles. The zero-order valence-electron chi connectivity index (χ0n) is 12.9. The van der Waals surface area contributed by atoms with Crippen LogP contribution in [-0.4, -0.2) is 61.7 Å². The summed E-state index contributed by atoms with van der Waals surface area (Å²) in [5.74, 6) is 2.13. The maximum atomic E-state index is 12.7. The van der Waals surface area contributed by atoms with E-state index in [9.17, 15) is 4.79 Å². The Kier molecular flexibility index (Phi) is 3.64. The fourth-order valence-corrected chi connectivity index (χ4v) is 3.31. The highest BCUT2D eigenvalue weighted by atomic mass is 16.2. The molecule has 1 atom stereocenters. The molecular weight excluding hydrogens is 294 g/mol. The van der Waals surface area contributed by atoms with Crippen molar-refractivity contribution in [2.75, 3.05) is 31.1 Å². The summed E-state index contributed by atoms with van der Waals surface area (Å²) in [5, 5.41) is 4.20. The van der Waals surface area contributed by atoms with E-state index in [0.29, 0.717) is 6.54 Å². The molecule has 1 amide bonds. The van der Waals surface area contributed by atoms with Crippen LogP contribution < -0.4 is 4.90 Å². The molecule has 8 nitrogen and oxygen atoms in total. The lowest BCUT2D eigenvalue weighted by Crippen LogP contribution is -2.51. The molecule has 0 saturated carbocycles. The quantitative estimate of drug-likeness (QED) is 0.775.